The highest BCUT2D eigenvalue weighted by molar-refractivity contribution is 5.65. The number of rotatable bonds is 2. The van der Waals surface area contributed by atoms with Crippen LogP contribution in [0, 0.1) is 22.7 Å². The number of pyridine rings is 1. The van der Waals surface area contributed by atoms with Crippen LogP contribution < -0.4 is 0 Å². The van der Waals surface area contributed by atoms with Gasteiger partial charge in [0, 0.05) is 24.2 Å². The summed E-state index contributed by atoms with van der Waals surface area (Å²) >= 11 is 0. The predicted octanol–water partition coefficient (Wildman–Crippen LogP) is 1.34. The summed E-state index contributed by atoms with van der Waals surface area (Å²) in [5.41, 5.74) is 1.87. The van der Waals surface area contributed by atoms with Gasteiger partial charge in [-0.2, -0.15) is 15.6 Å². The van der Waals surface area contributed by atoms with E-state index in [1.54, 1.807) is 30.7 Å². The first-order chi connectivity index (χ1) is 7.85. The number of hydrogen-bond donors (Lipinski definition) is 0. The van der Waals surface area contributed by atoms with E-state index in [0.717, 1.165) is 5.56 Å². The van der Waals surface area contributed by atoms with Crippen LogP contribution in [0.5, 0.6) is 0 Å². The molecule has 0 aliphatic carbocycles. The molecule has 0 radical (unpaired) electrons. The van der Waals surface area contributed by atoms with E-state index < -0.39 is 0 Å². The van der Waals surface area contributed by atoms with Gasteiger partial charge >= 0.3 is 0 Å². The molecule has 5 nitrogen and oxygen atoms in total. The van der Waals surface area contributed by atoms with Gasteiger partial charge in [0.2, 0.25) is 0 Å². The highest BCUT2D eigenvalue weighted by atomic mass is 15.3. The third-order valence-corrected chi connectivity index (χ3v) is 2.07. The Balaban J connectivity index is 2.50. The van der Waals surface area contributed by atoms with Gasteiger partial charge in [-0.3, -0.25) is 9.67 Å². The van der Waals surface area contributed by atoms with E-state index in [1.165, 1.54) is 4.68 Å². The second-order valence-corrected chi connectivity index (χ2v) is 3.09. The molecule has 0 saturated heterocycles. The molecule has 0 aliphatic rings. The maximum atomic E-state index is 8.96. The first kappa shape index (κ1) is 9.88. The standard InChI is InChI=1S/C11H7N5/c12-3-6-16-8-10(7-13)11(15-16)9-1-4-14-5-2-9/h1-2,4-5,8H,6H2. The zero-order valence-electron chi connectivity index (χ0n) is 8.33. The molecule has 0 atom stereocenters. The first-order valence-corrected chi connectivity index (χ1v) is 4.60. The van der Waals surface area contributed by atoms with Gasteiger partial charge in [0.25, 0.3) is 0 Å². The molecule has 0 aliphatic heterocycles. The molecule has 2 aromatic rings. The molecule has 0 spiro atoms. The van der Waals surface area contributed by atoms with Gasteiger partial charge < -0.3 is 0 Å². The summed E-state index contributed by atoms with van der Waals surface area (Å²) in [5.74, 6) is 0. The van der Waals surface area contributed by atoms with Gasteiger partial charge in [-0.1, -0.05) is 0 Å². The second-order valence-electron chi connectivity index (χ2n) is 3.09. The maximum absolute atomic E-state index is 8.96. The molecule has 2 heterocycles. The number of aromatic nitrogens is 3. The summed E-state index contributed by atoms with van der Waals surface area (Å²) in [7, 11) is 0. The van der Waals surface area contributed by atoms with Crippen molar-refractivity contribution in [3.05, 3.63) is 36.3 Å². The van der Waals surface area contributed by atoms with Gasteiger partial charge in [0.15, 0.2) is 0 Å². The Labute approximate surface area is 92.2 Å². The van der Waals surface area contributed by atoms with Gasteiger partial charge in [0.1, 0.15) is 18.3 Å². The van der Waals surface area contributed by atoms with E-state index in [0.29, 0.717) is 11.3 Å². The lowest BCUT2D eigenvalue weighted by Crippen LogP contribution is -1.95. The fourth-order valence-electron chi connectivity index (χ4n) is 1.38. The van der Waals surface area contributed by atoms with Crippen LogP contribution in [0.2, 0.25) is 0 Å². The van der Waals surface area contributed by atoms with Crippen LogP contribution in [0.15, 0.2) is 30.7 Å². The Bertz CT molecular complexity index is 571. The lowest BCUT2D eigenvalue weighted by Gasteiger charge is -1.95. The normalized spacial score (nSPS) is 9.38. The van der Waals surface area contributed by atoms with Crippen LogP contribution in [-0.2, 0) is 6.54 Å². The molecule has 0 unspecified atom stereocenters. The van der Waals surface area contributed by atoms with Crippen LogP contribution in [0.1, 0.15) is 5.56 Å². The third kappa shape index (κ3) is 1.75. The lowest BCUT2D eigenvalue weighted by molar-refractivity contribution is 0.712. The second kappa shape index (κ2) is 4.24. The molecule has 0 amide bonds. The fourth-order valence-corrected chi connectivity index (χ4v) is 1.38. The average Bonchev–Trinajstić information content (AvgIpc) is 2.74. The summed E-state index contributed by atoms with van der Waals surface area (Å²) in [4.78, 5) is 3.90. The van der Waals surface area contributed by atoms with E-state index in [4.69, 9.17) is 10.5 Å². The Kier molecular flexibility index (Phi) is 2.62. The summed E-state index contributed by atoms with van der Waals surface area (Å²) in [6.45, 7) is 0.139. The van der Waals surface area contributed by atoms with E-state index in [-0.39, 0.29) is 6.54 Å². The molecule has 0 saturated carbocycles. The minimum Gasteiger partial charge on any atom is -0.265 e. The Morgan fingerprint density at radius 2 is 2.00 bits per heavy atom. The molecule has 76 valence electrons. The van der Waals surface area contributed by atoms with Crippen molar-refractivity contribution in [1.29, 1.82) is 10.5 Å². The van der Waals surface area contributed by atoms with Crippen LogP contribution >= 0.6 is 0 Å². The van der Waals surface area contributed by atoms with Crippen LogP contribution in [0.25, 0.3) is 11.3 Å². The van der Waals surface area contributed by atoms with Gasteiger partial charge in [0.05, 0.1) is 11.6 Å². The lowest BCUT2D eigenvalue weighted by atomic mass is 10.1. The van der Waals surface area contributed by atoms with E-state index >= 15 is 0 Å². The summed E-state index contributed by atoms with van der Waals surface area (Å²) < 4.78 is 1.45. The number of nitriles is 2. The zero-order chi connectivity index (χ0) is 11.4. The predicted molar refractivity (Wildman–Crippen MR) is 55.8 cm³/mol. The van der Waals surface area contributed by atoms with Crippen molar-refractivity contribution in [2.75, 3.05) is 0 Å². The van der Waals surface area contributed by atoms with Crippen molar-refractivity contribution in [1.82, 2.24) is 14.8 Å². The fraction of sp³-hybridized carbons (Fsp3) is 0.0909. The van der Waals surface area contributed by atoms with Gasteiger partial charge in [-0.05, 0) is 12.1 Å². The molecule has 5 heteroatoms. The molecule has 16 heavy (non-hydrogen) atoms. The average molecular weight is 209 g/mol. The minimum absolute atomic E-state index is 0.139. The highest BCUT2D eigenvalue weighted by Crippen LogP contribution is 2.20. The van der Waals surface area contributed by atoms with Crippen molar-refractivity contribution in [2.24, 2.45) is 0 Å². The van der Waals surface area contributed by atoms with Crippen LogP contribution in [0.4, 0.5) is 0 Å². The SMILES string of the molecule is N#CCn1cc(C#N)c(-c2ccncc2)n1. The summed E-state index contributed by atoms with van der Waals surface area (Å²) in [6, 6.07) is 7.59. The molecule has 0 aromatic carbocycles. The molecular weight excluding hydrogens is 202 g/mol. The number of hydrogen-bond acceptors (Lipinski definition) is 4. The summed E-state index contributed by atoms with van der Waals surface area (Å²) in [5, 5.41) is 21.7. The largest absolute Gasteiger partial charge is 0.265 e. The maximum Gasteiger partial charge on any atom is 0.128 e. The van der Waals surface area contributed by atoms with Gasteiger partial charge in [-0.15, -0.1) is 0 Å². The molecule has 2 aromatic heterocycles. The minimum atomic E-state index is 0.139. The van der Waals surface area contributed by atoms with Crippen molar-refractivity contribution in [3.63, 3.8) is 0 Å². The Hall–Kier alpha value is -2.66. The summed E-state index contributed by atoms with van der Waals surface area (Å²) in [6.07, 6.45) is 4.85. The smallest absolute Gasteiger partial charge is 0.128 e. The van der Waals surface area contributed by atoms with E-state index in [2.05, 4.69) is 16.2 Å². The van der Waals surface area contributed by atoms with Gasteiger partial charge in [-0.25, -0.2) is 0 Å². The molecule has 2 rings (SSSR count). The molecular formula is C11H7N5. The molecule has 0 N–H and O–H groups in total. The van der Waals surface area contributed by atoms with Crippen LogP contribution in [-0.4, -0.2) is 14.8 Å². The number of nitrogens with zero attached hydrogens (tertiary/aromatic N) is 5. The molecule has 0 fully saturated rings. The Morgan fingerprint density at radius 3 is 2.62 bits per heavy atom. The monoisotopic (exact) mass is 209 g/mol. The Morgan fingerprint density at radius 1 is 1.25 bits per heavy atom. The van der Waals surface area contributed by atoms with E-state index in [1.807, 2.05) is 6.07 Å². The zero-order valence-corrected chi connectivity index (χ0v) is 8.33. The quantitative estimate of drug-likeness (QED) is 0.747. The molecule has 0 bridgehead atoms. The third-order valence-electron chi connectivity index (χ3n) is 2.07. The van der Waals surface area contributed by atoms with Crippen molar-refractivity contribution in [2.45, 2.75) is 6.54 Å². The van der Waals surface area contributed by atoms with Crippen LogP contribution in [0.3, 0.4) is 0 Å². The van der Waals surface area contributed by atoms with E-state index in [9.17, 15) is 0 Å². The van der Waals surface area contributed by atoms with Crippen molar-refractivity contribution in [3.8, 4) is 23.4 Å². The highest BCUT2D eigenvalue weighted by Gasteiger charge is 2.10. The topological polar surface area (TPSA) is 78.3 Å². The van der Waals surface area contributed by atoms with Crippen molar-refractivity contribution < 1.29 is 0 Å². The first-order valence-electron chi connectivity index (χ1n) is 4.60. The van der Waals surface area contributed by atoms with Crippen molar-refractivity contribution >= 4 is 0 Å².